The Labute approximate surface area is 72.2 Å². The Hall–Kier alpha value is -1.33. The van der Waals surface area contributed by atoms with Gasteiger partial charge in [-0.2, -0.15) is 0 Å². The third kappa shape index (κ3) is 1.11. The highest BCUT2D eigenvalue weighted by Crippen LogP contribution is 2.29. The molecule has 0 saturated carbocycles. The van der Waals surface area contributed by atoms with Crippen LogP contribution in [0.25, 0.3) is 9.69 Å². The van der Waals surface area contributed by atoms with Gasteiger partial charge >= 0.3 is 4.73 Å². The maximum Gasteiger partial charge on any atom is 0.338 e. The zero-order valence-corrected chi connectivity index (χ0v) is 7.25. The third-order valence-corrected chi connectivity index (χ3v) is 1.91. The van der Waals surface area contributed by atoms with Crippen LogP contribution in [0.15, 0.2) is 4.73 Å². The second-order valence-corrected chi connectivity index (χ2v) is 2.52. The van der Waals surface area contributed by atoms with Gasteiger partial charge in [-0.25, -0.2) is 0 Å². The fourth-order valence-corrected chi connectivity index (χ4v) is 0.986. The molecule has 0 atom stereocenters. The number of halogens is 1. The molecule has 0 spiro atoms. The molecule has 0 fully saturated rings. The molecule has 0 aliphatic rings. The summed E-state index contributed by atoms with van der Waals surface area (Å²) in [7, 11) is 1.68. The molecular formula is C6H3BrN4. The van der Waals surface area contributed by atoms with Gasteiger partial charge in [0.25, 0.3) is 11.6 Å². The minimum absolute atomic E-state index is 0.148. The lowest BCUT2D eigenvalue weighted by Crippen LogP contribution is -1.84. The smallest absolute Gasteiger partial charge is 0.338 e. The fourth-order valence-electron chi connectivity index (χ4n) is 0.650. The highest BCUT2D eigenvalue weighted by atomic mass is 79.9. The van der Waals surface area contributed by atoms with Gasteiger partial charge in [0.2, 0.25) is 0 Å². The molecule has 0 N–H and O–H groups in total. The first-order valence-corrected chi connectivity index (χ1v) is 3.47. The number of hydrogen-bond acceptors (Lipinski definition) is 1. The summed E-state index contributed by atoms with van der Waals surface area (Å²) in [6.45, 7) is 13.4. The van der Waals surface area contributed by atoms with E-state index in [2.05, 4.69) is 30.6 Å². The average molecular weight is 211 g/mol. The lowest BCUT2D eigenvalue weighted by Gasteiger charge is -1.88. The number of imidazole rings is 1. The molecule has 1 aromatic rings. The van der Waals surface area contributed by atoms with Gasteiger partial charge in [-0.1, -0.05) is 18.1 Å². The van der Waals surface area contributed by atoms with Gasteiger partial charge < -0.3 is 9.69 Å². The Kier molecular flexibility index (Phi) is 1.93. The van der Waals surface area contributed by atoms with Crippen LogP contribution in [-0.2, 0) is 7.05 Å². The van der Waals surface area contributed by atoms with Gasteiger partial charge in [-0.15, -0.1) is 0 Å². The molecule has 0 unspecified atom stereocenters. The molecular weight excluding hydrogens is 208 g/mol. The lowest BCUT2D eigenvalue weighted by molar-refractivity contribution is 0.896. The van der Waals surface area contributed by atoms with Gasteiger partial charge in [-0.05, 0) is 0 Å². The van der Waals surface area contributed by atoms with Crippen molar-refractivity contribution in [1.29, 1.82) is 0 Å². The number of rotatable bonds is 0. The second kappa shape index (κ2) is 2.73. The van der Waals surface area contributed by atoms with E-state index in [0.717, 1.165) is 0 Å². The van der Waals surface area contributed by atoms with E-state index in [0.29, 0.717) is 4.73 Å². The molecule has 0 aromatic carbocycles. The zero-order chi connectivity index (χ0) is 8.43. The topological polar surface area (TPSA) is 26.5 Å². The first-order valence-electron chi connectivity index (χ1n) is 2.68. The number of aromatic nitrogens is 2. The van der Waals surface area contributed by atoms with E-state index in [1.165, 1.54) is 4.57 Å². The molecule has 1 heterocycles. The summed E-state index contributed by atoms with van der Waals surface area (Å²) in [6.07, 6.45) is 0. The van der Waals surface area contributed by atoms with E-state index in [9.17, 15) is 0 Å². The van der Waals surface area contributed by atoms with Crippen molar-refractivity contribution in [2.24, 2.45) is 7.05 Å². The molecule has 0 bridgehead atoms. The normalized spacial score (nSPS) is 8.73. The van der Waals surface area contributed by atoms with Crippen molar-refractivity contribution >= 4 is 27.6 Å². The standard InChI is InChI=1S/C6H3BrN4/c1-8-4-5(9-2)11(3)6(7)10-4/h3H3. The van der Waals surface area contributed by atoms with Crippen molar-refractivity contribution in [3.8, 4) is 0 Å². The Balaban J connectivity index is 3.45. The summed E-state index contributed by atoms with van der Waals surface area (Å²) in [6, 6.07) is 0. The molecule has 0 amide bonds. The Morgan fingerprint density at radius 2 is 2.09 bits per heavy atom. The number of hydrogen-bond donors (Lipinski definition) is 0. The summed E-state index contributed by atoms with van der Waals surface area (Å²) in [5.41, 5.74) is 0. The zero-order valence-electron chi connectivity index (χ0n) is 5.67. The Bertz CT molecular complexity index is 365. The quantitative estimate of drug-likeness (QED) is 0.604. The molecule has 11 heavy (non-hydrogen) atoms. The summed E-state index contributed by atoms with van der Waals surface area (Å²) < 4.78 is 2.04. The molecule has 1 rings (SSSR count). The second-order valence-electron chi connectivity index (χ2n) is 1.81. The predicted octanol–water partition coefficient (Wildman–Crippen LogP) is 2.28. The van der Waals surface area contributed by atoms with Crippen molar-refractivity contribution in [2.45, 2.75) is 0 Å². The fraction of sp³-hybridized carbons (Fsp3) is 0.167. The van der Waals surface area contributed by atoms with E-state index >= 15 is 0 Å². The first kappa shape index (κ1) is 7.77. The van der Waals surface area contributed by atoms with Crippen molar-refractivity contribution < 1.29 is 0 Å². The summed E-state index contributed by atoms with van der Waals surface area (Å²) in [5, 5.41) is 0. The van der Waals surface area contributed by atoms with Crippen molar-refractivity contribution in [1.82, 2.24) is 9.55 Å². The van der Waals surface area contributed by atoms with Crippen LogP contribution in [0.5, 0.6) is 0 Å². The number of nitrogens with zero attached hydrogens (tertiary/aromatic N) is 4. The SMILES string of the molecule is [C-]#[N+]c1nc(Br)n(C)c1[N+]#[C-]. The molecule has 0 saturated heterocycles. The van der Waals surface area contributed by atoms with E-state index < -0.39 is 0 Å². The molecule has 1 aromatic heterocycles. The van der Waals surface area contributed by atoms with E-state index in [1.54, 1.807) is 7.05 Å². The Morgan fingerprint density at radius 3 is 2.45 bits per heavy atom. The predicted molar refractivity (Wildman–Crippen MR) is 43.4 cm³/mol. The van der Waals surface area contributed by atoms with Gasteiger partial charge in [0.1, 0.15) is 0 Å². The minimum atomic E-state index is 0.148. The lowest BCUT2D eigenvalue weighted by atomic mass is 10.6. The first-order chi connectivity index (χ1) is 5.20. The van der Waals surface area contributed by atoms with E-state index in [-0.39, 0.29) is 11.6 Å². The van der Waals surface area contributed by atoms with Crippen LogP contribution in [-0.4, -0.2) is 9.55 Å². The molecule has 4 nitrogen and oxygen atoms in total. The Morgan fingerprint density at radius 1 is 1.45 bits per heavy atom. The molecule has 0 aliphatic heterocycles. The van der Waals surface area contributed by atoms with Gasteiger partial charge in [0.15, 0.2) is 0 Å². The van der Waals surface area contributed by atoms with Crippen molar-refractivity contribution in [3.63, 3.8) is 0 Å². The monoisotopic (exact) mass is 210 g/mol. The molecule has 0 aliphatic carbocycles. The summed E-state index contributed by atoms with van der Waals surface area (Å²) in [4.78, 5) is 10.1. The van der Waals surface area contributed by atoms with Crippen LogP contribution in [0.4, 0.5) is 11.6 Å². The van der Waals surface area contributed by atoms with Crippen LogP contribution in [0.3, 0.4) is 0 Å². The van der Waals surface area contributed by atoms with Gasteiger partial charge in [0, 0.05) is 0 Å². The van der Waals surface area contributed by atoms with Crippen LogP contribution < -0.4 is 0 Å². The average Bonchev–Trinajstić information content (AvgIpc) is 2.28. The van der Waals surface area contributed by atoms with Crippen LogP contribution in [0.2, 0.25) is 0 Å². The minimum Gasteiger partial charge on any atom is -0.373 e. The van der Waals surface area contributed by atoms with Crippen molar-refractivity contribution in [2.75, 3.05) is 0 Å². The summed E-state index contributed by atoms with van der Waals surface area (Å²) >= 11 is 3.11. The highest BCUT2D eigenvalue weighted by molar-refractivity contribution is 9.10. The van der Waals surface area contributed by atoms with E-state index in [1.807, 2.05) is 0 Å². The van der Waals surface area contributed by atoms with E-state index in [4.69, 9.17) is 13.1 Å². The third-order valence-electron chi connectivity index (χ3n) is 1.20. The largest absolute Gasteiger partial charge is 0.373 e. The van der Waals surface area contributed by atoms with Crippen LogP contribution in [0.1, 0.15) is 0 Å². The molecule has 54 valence electrons. The molecule has 5 heteroatoms. The summed E-state index contributed by atoms with van der Waals surface area (Å²) in [5.74, 6) is 0.418. The maximum absolute atomic E-state index is 6.74. The highest BCUT2D eigenvalue weighted by Gasteiger charge is 2.15. The van der Waals surface area contributed by atoms with Gasteiger partial charge in [-0.3, -0.25) is 4.57 Å². The van der Waals surface area contributed by atoms with Crippen LogP contribution >= 0.6 is 15.9 Å². The maximum atomic E-state index is 6.74. The van der Waals surface area contributed by atoms with Gasteiger partial charge in [0.05, 0.1) is 23.0 Å². The van der Waals surface area contributed by atoms with Crippen LogP contribution in [0, 0.1) is 13.1 Å². The molecule has 0 radical (unpaired) electrons. The van der Waals surface area contributed by atoms with Crippen molar-refractivity contribution in [3.05, 3.63) is 27.6 Å².